The lowest BCUT2D eigenvalue weighted by Crippen LogP contribution is -2.45. The highest BCUT2D eigenvalue weighted by Crippen LogP contribution is 2.27. The first-order chi connectivity index (χ1) is 13.2. The Kier molecular flexibility index (Phi) is 4.01. The van der Waals surface area contributed by atoms with Crippen LogP contribution in [0, 0.1) is 0 Å². The van der Waals surface area contributed by atoms with E-state index in [2.05, 4.69) is 20.7 Å². The summed E-state index contributed by atoms with van der Waals surface area (Å²) in [6.45, 7) is 4.62. The van der Waals surface area contributed by atoms with E-state index in [-0.39, 0.29) is 11.9 Å². The molecule has 0 bridgehead atoms. The van der Waals surface area contributed by atoms with E-state index in [0.717, 1.165) is 41.8 Å². The normalized spacial score (nSPS) is 20.3. The van der Waals surface area contributed by atoms with Crippen molar-refractivity contribution in [2.24, 2.45) is 7.05 Å². The molecule has 6 nitrogen and oxygen atoms in total. The van der Waals surface area contributed by atoms with Crippen molar-refractivity contribution in [3.05, 3.63) is 54.0 Å². The van der Waals surface area contributed by atoms with E-state index in [1.165, 1.54) is 12.8 Å². The number of para-hydroxylation sites is 1. The predicted octanol–water partition coefficient (Wildman–Crippen LogP) is 2.67. The Balaban J connectivity index is 1.45. The molecule has 0 saturated carbocycles. The van der Waals surface area contributed by atoms with E-state index in [4.69, 9.17) is 0 Å². The molecule has 1 fully saturated rings. The zero-order valence-electron chi connectivity index (χ0n) is 15.7. The topological polar surface area (TPSA) is 46.3 Å². The van der Waals surface area contributed by atoms with Gasteiger partial charge in [0.1, 0.15) is 0 Å². The molecule has 1 saturated heterocycles. The van der Waals surface area contributed by atoms with Crippen molar-refractivity contribution in [3.63, 3.8) is 0 Å². The summed E-state index contributed by atoms with van der Waals surface area (Å²) in [5.41, 5.74) is 3.01. The number of fused-ring (bicyclic) bond motifs is 2. The summed E-state index contributed by atoms with van der Waals surface area (Å²) >= 11 is 0. The summed E-state index contributed by atoms with van der Waals surface area (Å²) in [4.78, 5) is 17.9. The van der Waals surface area contributed by atoms with Gasteiger partial charge in [0, 0.05) is 43.4 Å². The van der Waals surface area contributed by atoms with E-state index in [1.807, 2.05) is 53.2 Å². The Morgan fingerprint density at radius 1 is 1.19 bits per heavy atom. The van der Waals surface area contributed by atoms with Crippen molar-refractivity contribution < 1.29 is 4.79 Å². The molecule has 0 radical (unpaired) electrons. The van der Waals surface area contributed by atoms with Crippen LogP contribution < -0.4 is 0 Å². The number of nitrogens with zero attached hydrogens (tertiary/aromatic N) is 5. The molecule has 140 valence electrons. The number of carbonyl (C=O) groups is 1. The molecule has 3 aromatic rings. The van der Waals surface area contributed by atoms with Gasteiger partial charge in [-0.25, -0.2) is 0 Å². The molecule has 1 aromatic carbocycles. The van der Waals surface area contributed by atoms with Crippen molar-refractivity contribution >= 4 is 16.8 Å². The molecule has 2 aliphatic heterocycles. The summed E-state index contributed by atoms with van der Waals surface area (Å²) in [5.74, 6) is 0.116. The highest BCUT2D eigenvalue weighted by molar-refractivity contribution is 6.07. The number of rotatable bonds is 3. The summed E-state index contributed by atoms with van der Waals surface area (Å²) in [6.07, 6.45) is 6.38. The van der Waals surface area contributed by atoms with Gasteiger partial charge in [0.25, 0.3) is 5.91 Å². The van der Waals surface area contributed by atoms with Crippen LogP contribution in [0.25, 0.3) is 10.9 Å². The molecule has 4 heterocycles. The van der Waals surface area contributed by atoms with Crippen LogP contribution in [0.2, 0.25) is 0 Å². The Morgan fingerprint density at radius 3 is 2.85 bits per heavy atom. The zero-order chi connectivity index (χ0) is 18.4. The number of carbonyl (C=O) groups excluding carboxylic acids is 1. The van der Waals surface area contributed by atoms with E-state index in [9.17, 15) is 4.79 Å². The maximum Gasteiger partial charge on any atom is 0.256 e. The van der Waals surface area contributed by atoms with E-state index < -0.39 is 0 Å². The minimum Gasteiger partial charge on any atom is -0.350 e. The molecular weight excluding hydrogens is 338 g/mol. The van der Waals surface area contributed by atoms with E-state index >= 15 is 0 Å². The monoisotopic (exact) mass is 363 g/mol. The summed E-state index contributed by atoms with van der Waals surface area (Å²) in [7, 11) is 2.00. The third-order valence-corrected chi connectivity index (χ3v) is 5.96. The van der Waals surface area contributed by atoms with Crippen molar-refractivity contribution in [1.29, 1.82) is 0 Å². The van der Waals surface area contributed by atoms with Gasteiger partial charge < -0.3 is 14.4 Å². The van der Waals surface area contributed by atoms with E-state index in [1.54, 1.807) is 0 Å². The maximum absolute atomic E-state index is 13.4. The first-order valence-electron chi connectivity index (χ1n) is 9.79. The molecule has 0 unspecified atom stereocenters. The van der Waals surface area contributed by atoms with Crippen molar-refractivity contribution in [2.45, 2.75) is 25.4 Å². The van der Waals surface area contributed by atoms with Gasteiger partial charge >= 0.3 is 0 Å². The van der Waals surface area contributed by atoms with Crippen molar-refractivity contribution in [1.82, 2.24) is 24.1 Å². The fourth-order valence-corrected chi connectivity index (χ4v) is 4.62. The minimum absolute atomic E-state index is 0.116. The molecule has 1 amide bonds. The number of amides is 1. The van der Waals surface area contributed by atoms with Crippen molar-refractivity contribution in [3.8, 4) is 0 Å². The lowest BCUT2D eigenvalue weighted by Gasteiger charge is -2.35. The Hall–Kier alpha value is -2.60. The number of hydrogen-bond donors (Lipinski definition) is 0. The standard InChI is InChI=1S/C21H25N5O/c1-23-15-19(18-6-2-3-7-20(18)23)21(27)25-13-16-8-9-22-26(16)17(14-25)12-24-10-4-5-11-24/h2-3,6-9,15,17H,4-5,10-14H2,1H3/t17-/m1/s1. The first-order valence-corrected chi connectivity index (χ1v) is 9.79. The summed E-state index contributed by atoms with van der Waals surface area (Å²) in [5, 5.41) is 5.58. The van der Waals surface area contributed by atoms with Gasteiger partial charge in [-0.3, -0.25) is 9.48 Å². The van der Waals surface area contributed by atoms with Crippen LogP contribution in [0.4, 0.5) is 0 Å². The fraction of sp³-hybridized carbons (Fsp3) is 0.429. The van der Waals surface area contributed by atoms with Crippen LogP contribution >= 0.6 is 0 Å². The van der Waals surface area contributed by atoms with Gasteiger partial charge in [0.05, 0.1) is 23.8 Å². The fourth-order valence-electron chi connectivity index (χ4n) is 4.62. The second-order valence-electron chi connectivity index (χ2n) is 7.79. The Morgan fingerprint density at radius 2 is 2.00 bits per heavy atom. The molecule has 0 aliphatic carbocycles. The maximum atomic E-state index is 13.4. The Labute approximate surface area is 159 Å². The quantitative estimate of drug-likeness (QED) is 0.719. The van der Waals surface area contributed by atoms with Crippen LogP contribution in [0.5, 0.6) is 0 Å². The SMILES string of the molecule is Cn1cc(C(=O)N2Cc3ccnn3[C@H](CN3CCCC3)C2)c2ccccc21. The smallest absolute Gasteiger partial charge is 0.256 e. The average Bonchev–Trinajstić information content (AvgIpc) is 3.42. The molecule has 0 N–H and O–H groups in total. The largest absolute Gasteiger partial charge is 0.350 e. The molecule has 2 aromatic heterocycles. The number of hydrogen-bond acceptors (Lipinski definition) is 3. The molecule has 5 rings (SSSR count). The number of benzene rings is 1. The number of aromatic nitrogens is 3. The second kappa shape index (κ2) is 6.53. The van der Waals surface area contributed by atoms with Crippen LogP contribution in [-0.2, 0) is 13.6 Å². The molecule has 27 heavy (non-hydrogen) atoms. The van der Waals surface area contributed by atoms with Gasteiger partial charge in [-0.2, -0.15) is 5.10 Å². The minimum atomic E-state index is 0.116. The van der Waals surface area contributed by atoms with Gasteiger partial charge in [0.15, 0.2) is 0 Å². The molecule has 6 heteroatoms. The van der Waals surface area contributed by atoms with Gasteiger partial charge in [-0.15, -0.1) is 0 Å². The van der Waals surface area contributed by atoms with Gasteiger partial charge in [-0.1, -0.05) is 18.2 Å². The van der Waals surface area contributed by atoms with Crippen molar-refractivity contribution in [2.75, 3.05) is 26.2 Å². The van der Waals surface area contributed by atoms with E-state index in [0.29, 0.717) is 13.1 Å². The third-order valence-electron chi connectivity index (χ3n) is 5.96. The van der Waals surface area contributed by atoms with Crippen LogP contribution in [0.15, 0.2) is 42.7 Å². The third kappa shape index (κ3) is 2.84. The number of likely N-dealkylation sites (tertiary alicyclic amines) is 1. The van der Waals surface area contributed by atoms with Crippen LogP contribution in [0.1, 0.15) is 34.9 Å². The zero-order valence-corrected chi connectivity index (χ0v) is 15.7. The van der Waals surface area contributed by atoms with Gasteiger partial charge in [-0.05, 0) is 38.1 Å². The second-order valence-corrected chi connectivity index (χ2v) is 7.79. The first kappa shape index (κ1) is 16.6. The lowest BCUT2D eigenvalue weighted by atomic mass is 10.1. The Bertz CT molecular complexity index is 982. The summed E-state index contributed by atoms with van der Waals surface area (Å²) < 4.78 is 4.17. The van der Waals surface area contributed by atoms with Gasteiger partial charge in [0.2, 0.25) is 0 Å². The number of aryl methyl sites for hydroxylation is 1. The average molecular weight is 363 g/mol. The summed E-state index contributed by atoms with van der Waals surface area (Å²) in [6, 6.07) is 10.4. The van der Waals surface area contributed by atoms with Crippen LogP contribution in [0.3, 0.4) is 0 Å². The predicted molar refractivity (Wildman–Crippen MR) is 105 cm³/mol. The molecule has 2 aliphatic rings. The molecular formula is C21H25N5O. The molecule has 0 spiro atoms. The van der Waals surface area contributed by atoms with Crippen LogP contribution in [-0.4, -0.2) is 56.2 Å². The highest BCUT2D eigenvalue weighted by atomic mass is 16.2. The molecule has 1 atom stereocenters. The lowest BCUT2D eigenvalue weighted by molar-refractivity contribution is 0.0648. The highest BCUT2D eigenvalue weighted by Gasteiger charge is 2.31.